The Morgan fingerprint density at radius 2 is 2.08 bits per heavy atom. The van der Waals surface area contributed by atoms with Crippen molar-refractivity contribution in [2.75, 3.05) is 13.1 Å². The Bertz CT molecular complexity index is 704. The Hall–Kier alpha value is -2.12. The molecule has 0 spiro atoms. The van der Waals surface area contributed by atoms with Crippen LogP contribution < -0.4 is 0 Å². The number of aromatic nitrogens is 1. The van der Waals surface area contributed by atoms with E-state index in [2.05, 4.69) is 4.98 Å². The zero-order valence-electron chi connectivity index (χ0n) is 13.1. The van der Waals surface area contributed by atoms with Crippen LogP contribution >= 0.6 is 0 Å². The normalized spacial score (nSPS) is 26.5. The molecular weight excluding hydrogens is 325 g/mol. The number of pyridine rings is 1. The summed E-state index contributed by atoms with van der Waals surface area (Å²) in [6.45, 7) is 1.78. The number of hydrogen-bond donors (Lipinski definition) is 1. The van der Waals surface area contributed by atoms with Gasteiger partial charge in [-0.05, 0) is 37.8 Å². The summed E-state index contributed by atoms with van der Waals surface area (Å²) in [4.78, 5) is 29.2. The van der Waals surface area contributed by atoms with Gasteiger partial charge in [0, 0.05) is 13.1 Å². The third kappa shape index (κ3) is 2.53. The number of amides is 1. The molecule has 8 heteroatoms. The summed E-state index contributed by atoms with van der Waals surface area (Å²) < 4.78 is 38.0. The summed E-state index contributed by atoms with van der Waals surface area (Å²) in [6.07, 6.45) is -2.47. The Kier molecular flexibility index (Phi) is 3.80. The fourth-order valence-electron chi connectivity index (χ4n) is 3.91. The number of likely N-dealkylation sites (tertiary alicyclic amines) is 1. The van der Waals surface area contributed by atoms with Crippen molar-refractivity contribution in [3.05, 3.63) is 29.1 Å². The zero-order valence-corrected chi connectivity index (χ0v) is 13.1. The first-order valence-corrected chi connectivity index (χ1v) is 7.73. The minimum atomic E-state index is -4.57. The van der Waals surface area contributed by atoms with Crippen molar-refractivity contribution in [3.8, 4) is 0 Å². The molecule has 1 aromatic rings. The summed E-state index contributed by atoms with van der Waals surface area (Å²) in [5.41, 5.74) is -1.88. The van der Waals surface area contributed by atoms with Crippen LogP contribution in [0.15, 0.2) is 12.1 Å². The maximum atomic E-state index is 12.7. The lowest BCUT2D eigenvalue weighted by molar-refractivity contribution is -0.149. The number of hydrogen-bond acceptors (Lipinski definition) is 3. The summed E-state index contributed by atoms with van der Waals surface area (Å²) in [6, 6.07) is 1.90. The van der Waals surface area contributed by atoms with E-state index >= 15 is 0 Å². The summed E-state index contributed by atoms with van der Waals surface area (Å²) in [7, 11) is 0. The summed E-state index contributed by atoms with van der Waals surface area (Å²) in [5.74, 6) is -1.45. The maximum absolute atomic E-state index is 12.7. The van der Waals surface area contributed by atoms with Crippen molar-refractivity contribution in [1.29, 1.82) is 0 Å². The van der Waals surface area contributed by atoms with Crippen molar-refractivity contribution >= 4 is 11.9 Å². The van der Waals surface area contributed by atoms with E-state index in [1.807, 2.05) is 0 Å². The number of rotatable bonds is 2. The Labute approximate surface area is 136 Å². The molecule has 1 saturated carbocycles. The van der Waals surface area contributed by atoms with Crippen LogP contribution in [0.3, 0.4) is 0 Å². The van der Waals surface area contributed by atoms with Crippen molar-refractivity contribution in [3.63, 3.8) is 0 Å². The van der Waals surface area contributed by atoms with Crippen molar-refractivity contribution < 1.29 is 27.9 Å². The van der Waals surface area contributed by atoms with Crippen LogP contribution in [-0.2, 0) is 11.0 Å². The van der Waals surface area contributed by atoms with Crippen LogP contribution in [0.25, 0.3) is 0 Å². The second kappa shape index (κ2) is 5.46. The molecule has 0 unspecified atom stereocenters. The molecule has 5 nitrogen and oxygen atoms in total. The Morgan fingerprint density at radius 1 is 1.38 bits per heavy atom. The second-order valence-electron chi connectivity index (χ2n) is 6.56. The van der Waals surface area contributed by atoms with Crippen LogP contribution in [0.1, 0.15) is 41.0 Å². The molecule has 1 saturated heterocycles. The van der Waals surface area contributed by atoms with Crippen molar-refractivity contribution in [2.24, 2.45) is 11.3 Å². The van der Waals surface area contributed by atoms with Gasteiger partial charge in [-0.1, -0.05) is 6.42 Å². The van der Waals surface area contributed by atoms with Gasteiger partial charge in [-0.2, -0.15) is 13.2 Å². The highest BCUT2D eigenvalue weighted by atomic mass is 19.4. The second-order valence-corrected chi connectivity index (χ2v) is 6.56. The quantitative estimate of drug-likeness (QED) is 0.897. The van der Waals surface area contributed by atoms with E-state index in [0.29, 0.717) is 13.0 Å². The fraction of sp³-hybridized carbons (Fsp3) is 0.562. The molecule has 0 aromatic carbocycles. The van der Waals surface area contributed by atoms with E-state index in [1.165, 1.54) is 11.8 Å². The van der Waals surface area contributed by atoms with E-state index in [4.69, 9.17) is 0 Å². The van der Waals surface area contributed by atoms with Crippen LogP contribution in [0.5, 0.6) is 0 Å². The molecule has 130 valence electrons. The Balaban J connectivity index is 1.85. The number of halogens is 3. The van der Waals surface area contributed by atoms with Gasteiger partial charge in [0.25, 0.3) is 5.91 Å². The number of nitrogens with zero attached hydrogens (tertiary/aromatic N) is 2. The molecule has 0 radical (unpaired) electrons. The first kappa shape index (κ1) is 16.7. The first-order valence-electron chi connectivity index (χ1n) is 7.73. The molecule has 24 heavy (non-hydrogen) atoms. The molecule has 2 fully saturated rings. The van der Waals surface area contributed by atoms with Crippen LogP contribution in [0.4, 0.5) is 13.2 Å². The van der Waals surface area contributed by atoms with Gasteiger partial charge >= 0.3 is 12.1 Å². The van der Waals surface area contributed by atoms with E-state index in [1.54, 1.807) is 0 Å². The highest BCUT2D eigenvalue weighted by Crippen LogP contribution is 2.49. The van der Waals surface area contributed by atoms with Gasteiger partial charge in [0.2, 0.25) is 0 Å². The van der Waals surface area contributed by atoms with Gasteiger partial charge in [-0.15, -0.1) is 0 Å². The molecule has 1 aliphatic carbocycles. The van der Waals surface area contributed by atoms with Crippen LogP contribution in [0, 0.1) is 18.3 Å². The highest BCUT2D eigenvalue weighted by molar-refractivity contribution is 5.96. The van der Waals surface area contributed by atoms with Gasteiger partial charge in [0.1, 0.15) is 5.69 Å². The third-order valence-corrected chi connectivity index (χ3v) is 5.19. The predicted octanol–water partition coefficient (Wildman–Crippen LogP) is 2.74. The molecule has 0 bridgehead atoms. The lowest BCUT2D eigenvalue weighted by atomic mass is 9.81. The molecule has 2 aliphatic rings. The zero-order chi connectivity index (χ0) is 17.7. The first-order chi connectivity index (χ1) is 11.1. The number of carboxylic acids is 1. The molecule has 3 rings (SSSR count). The average molecular weight is 342 g/mol. The lowest BCUT2D eigenvalue weighted by Gasteiger charge is -2.23. The minimum Gasteiger partial charge on any atom is -0.481 e. The molecule has 1 aliphatic heterocycles. The maximum Gasteiger partial charge on any atom is 0.433 e. The minimum absolute atomic E-state index is 0.00346. The van der Waals surface area contributed by atoms with E-state index in [-0.39, 0.29) is 23.7 Å². The number of carboxylic acid groups (broad SMARTS) is 1. The van der Waals surface area contributed by atoms with Gasteiger partial charge in [0.15, 0.2) is 0 Å². The van der Waals surface area contributed by atoms with E-state index < -0.39 is 29.2 Å². The number of carbonyl (C=O) groups is 2. The smallest absolute Gasteiger partial charge is 0.433 e. The monoisotopic (exact) mass is 342 g/mol. The summed E-state index contributed by atoms with van der Waals surface area (Å²) >= 11 is 0. The van der Waals surface area contributed by atoms with Gasteiger partial charge < -0.3 is 10.0 Å². The Morgan fingerprint density at radius 3 is 2.62 bits per heavy atom. The SMILES string of the molecule is Cc1nc(C(F)(F)F)ccc1C(=O)N1C[C@@H]2CCC[C@@]2(C(=O)O)C1. The predicted molar refractivity (Wildman–Crippen MR) is 77.3 cm³/mol. The average Bonchev–Trinajstić information content (AvgIpc) is 3.03. The van der Waals surface area contributed by atoms with Gasteiger partial charge in [-0.25, -0.2) is 4.98 Å². The van der Waals surface area contributed by atoms with E-state index in [9.17, 15) is 27.9 Å². The molecular formula is C16H17F3N2O3. The van der Waals surface area contributed by atoms with Crippen LogP contribution in [-0.4, -0.2) is 40.0 Å². The standard InChI is InChI=1S/C16H17F3N2O3/c1-9-11(4-5-12(20-9)16(17,18)19)13(22)21-7-10-3-2-6-15(10,8-21)14(23)24/h4-5,10H,2-3,6-8H2,1H3,(H,23,24)/t10-,15+/m0/s1. The summed E-state index contributed by atoms with van der Waals surface area (Å²) in [5, 5.41) is 9.55. The van der Waals surface area contributed by atoms with E-state index in [0.717, 1.165) is 25.0 Å². The number of carbonyl (C=O) groups excluding carboxylic acids is 1. The largest absolute Gasteiger partial charge is 0.481 e. The number of aryl methyl sites for hydroxylation is 1. The van der Waals surface area contributed by atoms with Crippen molar-refractivity contribution in [2.45, 2.75) is 32.4 Å². The molecule has 1 aromatic heterocycles. The number of alkyl halides is 3. The topological polar surface area (TPSA) is 70.5 Å². The third-order valence-electron chi connectivity index (χ3n) is 5.19. The highest BCUT2D eigenvalue weighted by Gasteiger charge is 2.55. The van der Waals surface area contributed by atoms with Gasteiger partial charge in [0.05, 0.1) is 16.7 Å². The lowest BCUT2D eigenvalue weighted by Crippen LogP contribution is -2.37. The van der Waals surface area contributed by atoms with Crippen molar-refractivity contribution in [1.82, 2.24) is 9.88 Å². The molecule has 1 N–H and O–H groups in total. The number of fused-ring (bicyclic) bond motifs is 1. The molecule has 2 heterocycles. The molecule has 2 atom stereocenters. The van der Waals surface area contributed by atoms with Crippen LogP contribution in [0.2, 0.25) is 0 Å². The number of aliphatic carboxylic acids is 1. The fourth-order valence-corrected chi connectivity index (χ4v) is 3.91. The molecule has 1 amide bonds. The van der Waals surface area contributed by atoms with Gasteiger partial charge in [-0.3, -0.25) is 9.59 Å².